The Balaban J connectivity index is 2.27. The predicted octanol–water partition coefficient (Wildman–Crippen LogP) is 2.87. The minimum Gasteiger partial charge on any atom is -0.490 e. The summed E-state index contributed by atoms with van der Waals surface area (Å²) in [7, 11) is -8.83. The van der Waals surface area contributed by atoms with Crippen LogP contribution in [0.1, 0.15) is 12.8 Å². The summed E-state index contributed by atoms with van der Waals surface area (Å²) >= 11 is 0.788. The van der Waals surface area contributed by atoms with Crippen molar-refractivity contribution in [1.29, 1.82) is 0 Å². The summed E-state index contributed by atoms with van der Waals surface area (Å²) in [4.78, 5) is 27.1. The molecular weight excluding hydrogens is 487 g/mol. The second kappa shape index (κ2) is 11.9. The maximum absolute atomic E-state index is 12.3. The van der Waals surface area contributed by atoms with Crippen molar-refractivity contribution in [3.63, 3.8) is 0 Å². The fraction of sp³-hybridized carbons (Fsp3) is 0.500. The fourth-order valence-corrected chi connectivity index (χ4v) is 5.50. The Hall–Kier alpha value is -2.61. The number of nitrogens with zero attached hydrogens (tertiary/aromatic N) is 7. The predicted molar refractivity (Wildman–Crippen MR) is 115 cm³/mol. The van der Waals surface area contributed by atoms with Crippen molar-refractivity contribution in [2.75, 3.05) is 32.6 Å². The van der Waals surface area contributed by atoms with Gasteiger partial charge in [-0.2, -0.15) is 4.72 Å². The second-order valence-corrected chi connectivity index (χ2v) is 10.6. The number of benzene rings is 1. The highest BCUT2D eigenvalue weighted by Crippen LogP contribution is 2.37. The van der Waals surface area contributed by atoms with Crippen molar-refractivity contribution in [3.8, 4) is 11.5 Å². The van der Waals surface area contributed by atoms with Crippen LogP contribution in [0.5, 0.6) is 11.5 Å². The average Bonchev–Trinajstić information content (AvgIpc) is 3.15. The number of nitrogens with one attached hydrogen (secondary N) is 1. The molecule has 0 saturated carbocycles. The van der Waals surface area contributed by atoms with E-state index >= 15 is 0 Å². The third-order valence-electron chi connectivity index (χ3n) is 3.57. The van der Waals surface area contributed by atoms with Crippen LogP contribution in [0.3, 0.4) is 0 Å². The van der Waals surface area contributed by atoms with Crippen LogP contribution in [0, 0.1) is 0 Å². The molecule has 3 N–H and O–H groups in total. The van der Waals surface area contributed by atoms with Crippen molar-refractivity contribution in [3.05, 3.63) is 33.0 Å². The maximum atomic E-state index is 12.3. The molecule has 0 saturated heterocycles. The van der Waals surface area contributed by atoms with E-state index in [2.05, 4.69) is 25.0 Å². The minimum absolute atomic E-state index is 0.193. The van der Waals surface area contributed by atoms with Gasteiger partial charge in [0.05, 0.1) is 23.4 Å². The molecule has 0 aliphatic heterocycles. The average molecular weight is 506 g/mol. The maximum Gasteiger partial charge on any atom is 0.340 e. The number of aromatic nitrogens is 1. The molecule has 0 spiro atoms. The molecule has 0 aliphatic rings. The van der Waals surface area contributed by atoms with Gasteiger partial charge in [0.2, 0.25) is 4.34 Å². The minimum atomic E-state index is -4.59. The first-order chi connectivity index (χ1) is 15.2. The topological polar surface area (TPSA) is 233 Å². The van der Waals surface area contributed by atoms with Gasteiger partial charge in [-0.3, -0.25) is 4.57 Å². The van der Waals surface area contributed by atoms with Crippen LogP contribution in [0.15, 0.2) is 26.7 Å². The molecule has 2 aromatic rings. The van der Waals surface area contributed by atoms with Crippen LogP contribution in [0.4, 0.5) is 0 Å². The van der Waals surface area contributed by atoms with Crippen molar-refractivity contribution < 1.29 is 32.2 Å². The smallest absolute Gasteiger partial charge is 0.340 e. The summed E-state index contributed by atoms with van der Waals surface area (Å²) in [5.41, 5.74) is 16.9. The summed E-state index contributed by atoms with van der Waals surface area (Å²) in [5.74, 6) is 0.581. The van der Waals surface area contributed by atoms with Crippen molar-refractivity contribution in [2.24, 2.45) is 10.2 Å². The molecule has 0 fully saturated rings. The highest BCUT2D eigenvalue weighted by Gasteiger charge is 2.24. The van der Waals surface area contributed by atoms with Crippen LogP contribution in [-0.2, 0) is 14.6 Å². The molecule has 1 aromatic heterocycles. The second-order valence-electron chi connectivity index (χ2n) is 6.03. The van der Waals surface area contributed by atoms with Gasteiger partial charge in [-0.15, -0.1) is 11.3 Å². The molecular formula is C14H19N8O7PS2. The monoisotopic (exact) mass is 506 g/mol. The van der Waals surface area contributed by atoms with Crippen LogP contribution < -0.4 is 14.2 Å². The van der Waals surface area contributed by atoms with E-state index in [0.717, 1.165) is 11.3 Å². The van der Waals surface area contributed by atoms with E-state index in [-0.39, 0.29) is 41.9 Å². The van der Waals surface area contributed by atoms with Gasteiger partial charge in [0.25, 0.3) is 10.0 Å². The lowest BCUT2D eigenvalue weighted by Gasteiger charge is -2.12. The summed E-state index contributed by atoms with van der Waals surface area (Å²) < 4.78 is 48.8. The zero-order valence-electron chi connectivity index (χ0n) is 16.4. The van der Waals surface area contributed by atoms with Crippen molar-refractivity contribution >= 4 is 39.2 Å². The van der Waals surface area contributed by atoms with Crippen LogP contribution in [0.25, 0.3) is 31.1 Å². The highest BCUT2D eigenvalue weighted by molar-refractivity contribution is 7.91. The number of hydrogen-bond acceptors (Lipinski definition) is 9. The Bertz CT molecular complexity index is 1120. The van der Waals surface area contributed by atoms with E-state index in [1.54, 1.807) is 0 Å². The largest absolute Gasteiger partial charge is 0.490 e. The Kier molecular flexibility index (Phi) is 9.50. The van der Waals surface area contributed by atoms with Gasteiger partial charge >= 0.3 is 7.60 Å². The van der Waals surface area contributed by atoms with Gasteiger partial charge in [0.15, 0.2) is 11.5 Å². The Morgan fingerprint density at radius 2 is 1.66 bits per heavy atom. The summed E-state index contributed by atoms with van der Waals surface area (Å²) in [6.07, 6.45) is -0.182. The van der Waals surface area contributed by atoms with Crippen molar-refractivity contribution in [1.82, 2.24) is 9.71 Å². The van der Waals surface area contributed by atoms with E-state index < -0.39 is 23.9 Å². The third-order valence-corrected chi connectivity index (χ3v) is 7.15. The summed E-state index contributed by atoms with van der Waals surface area (Å²) in [5, 5.41) is 6.82. The van der Waals surface area contributed by atoms with Gasteiger partial charge in [0.1, 0.15) is 6.29 Å². The normalized spacial score (nSPS) is 11.6. The Morgan fingerprint density at radius 1 is 1.09 bits per heavy atom. The summed E-state index contributed by atoms with van der Waals surface area (Å²) in [6.45, 7) is 0.854. The van der Waals surface area contributed by atoms with Crippen LogP contribution in [-0.4, -0.2) is 55.8 Å². The quantitative estimate of drug-likeness (QED) is 0.113. The van der Waals surface area contributed by atoms with E-state index in [1.165, 1.54) is 12.1 Å². The molecule has 0 aliphatic carbocycles. The molecule has 0 atom stereocenters. The zero-order chi connectivity index (χ0) is 23.6. The van der Waals surface area contributed by atoms with Gasteiger partial charge in [-0.1, -0.05) is 10.2 Å². The first kappa shape index (κ1) is 25.6. The number of sulfonamides is 1. The number of azide groups is 2. The molecule has 32 heavy (non-hydrogen) atoms. The van der Waals surface area contributed by atoms with Crippen LogP contribution in [0.2, 0.25) is 0 Å². The molecule has 15 nitrogen and oxygen atoms in total. The molecule has 0 amide bonds. The van der Waals surface area contributed by atoms with E-state index in [9.17, 15) is 13.0 Å². The lowest BCUT2D eigenvalue weighted by Crippen LogP contribution is -2.24. The lowest BCUT2D eigenvalue weighted by atomic mass is 10.3. The molecule has 18 heteroatoms. The first-order valence-electron chi connectivity index (χ1n) is 8.92. The molecule has 1 heterocycles. The fourth-order valence-electron chi connectivity index (χ4n) is 2.21. The third kappa shape index (κ3) is 8.15. The number of ether oxygens (including phenoxy) is 2. The van der Waals surface area contributed by atoms with Crippen LogP contribution >= 0.6 is 18.9 Å². The molecule has 0 radical (unpaired) electrons. The lowest BCUT2D eigenvalue weighted by molar-refractivity contribution is 0.266. The van der Waals surface area contributed by atoms with Gasteiger partial charge < -0.3 is 19.3 Å². The summed E-state index contributed by atoms with van der Waals surface area (Å²) in [6, 6.07) is 3.01. The van der Waals surface area contributed by atoms with E-state index in [4.69, 9.17) is 30.3 Å². The number of hydrogen-bond donors (Lipinski definition) is 3. The van der Waals surface area contributed by atoms with E-state index in [1.807, 2.05) is 4.72 Å². The zero-order valence-corrected chi connectivity index (χ0v) is 19.0. The number of rotatable bonds is 14. The molecule has 0 bridgehead atoms. The van der Waals surface area contributed by atoms with Gasteiger partial charge in [-0.05, 0) is 23.9 Å². The Labute approximate surface area is 185 Å². The molecule has 174 valence electrons. The Morgan fingerprint density at radius 3 is 2.19 bits per heavy atom. The van der Waals surface area contributed by atoms with E-state index in [0.29, 0.717) is 23.3 Å². The standard InChI is InChI=1S/C14H19N8O7PS2/c15-21-17-3-1-5-28-11-7-10-13(8-12(11)29-6-2-4-18-22-16)31-14(20-10)32(26,27)19-9-30(23,24)25/h7-8,19H,1-6,9H2,(H2,23,24,25). The van der Waals surface area contributed by atoms with Crippen molar-refractivity contribution in [2.45, 2.75) is 17.2 Å². The SMILES string of the molecule is [N-]=[N+]=NCCCOc1cc2nc(S(=O)(=O)NCP(=O)(O)O)sc2cc1OCCCN=[N+]=[N-]. The molecule has 2 rings (SSSR count). The van der Waals surface area contributed by atoms with Gasteiger partial charge in [-0.25, -0.2) is 13.4 Å². The number of thiazole rings is 1. The van der Waals surface area contributed by atoms with Gasteiger partial charge in [0, 0.05) is 35.0 Å². The molecule has 0 unspecified atom stereocenters. The highest BCUT2D eigenvalue weighted by atomic mass is 32.2. The molecule has 1 aromatic carbocycles. The first-order valence-corrected chi connectivity index (χ1v) is 13.0. The number of fused-ring (bicyclic) bond motifs is 1.